The first-order chi connectivity index (χ1) is 17.4. The normalized spacial score (nSPS) is 10.6. The Morgan fingerprint density at radius 3 is 2.67 bits per heavy atom. The summed E-state index contributed by atoms with van der Waals surface area (Å²) in [5.74, 6) is -0.356. The number of hydrogen-bond acceptors (Lipinski definition) is 4. The lowest BCUT2D eigenvalue weighted by atomic mass is 10.1. The van der Waals surface area contributed by atoms with Crippen LogP contribution in [0.4, 0.5) is 10.1 Å². The van der Waals surface area contributed by atoms with E-state index in [1.165, 1.54) is 12.1 Å². The molecule has 36 heavy (non-hydrogen) atoms. The fourth-order valence-corrected chi connectivity index (χ4v) is 4.29. The second-order valence-corrected chi connectivity index (χ2v) is 9.15. The number of hydrogen-bond donors (Lipinski definition) is 1. The number of aromatic nitrogens is 3. The monoisotopic (exact) mass is 538 g/mol. The van der Waals surface area contributed by atoms with E-state index >= 15 is 0 Å². The van der Waals surface area contributed by atoms with E-state index < -0.39 is 0 Å². The number of nitrogens with one attached hydrogen (secondary N) is 1. The fraction of sp³-hybridized carbons (Fsp3) is 0.154. The number of benzene rings is 2. The summed E-state index contributed by atoms with van der Waals surface area (Å²) in [6.07, 6.45) is 4.24. The summed E-state index contributed by atoms with van der Waals surface area (Å²) >= 11 is 18.0. The molecule has 2 aromatic heterocycles. The predicted octanol–water partition coefficient (Wildman–Crippen LogP) is 6.09. The van der Waals surface area contributed by atoms with Gasteiger partial charge in [0.15, 0.2) is 5.11 Å². The zero-order valence-electron chi connectivity index (χ0n) is 19.0. The molecule has 0 saturated heterocycles. The molecule has 10 heteroatoms. The summed E-state index contributed by atoms with van der Waals surface area (Å²) in [5.41, 5.74) is 4.01. The first-order valence-electron chi connectivity index (χ1n) is 11.0. The number of imidazole rings is 1. The highest BCUT2D eigenvalue weighted by Gasteiger charge is 2.15. The lowest BCUT2D eigenvalue weighted by Gasteiger charge is -2.26. The zero-order valence-corrected chi connectivity index (χ0v) is 21.4. The summed E-state index contributed by atoms with van der Waals surface area (Å²) in [6.45, 7) is 1.55. The van der Waals surface area contributed by atoms with Gasteiger partial charge in [0.1, 0.15) is 16.1 Å². The molecule has 0 aliphatic heterocycles. The van der Waals surface area contributed by atoms with Crippen LogP contribution in [0.1, 0.15) is 22.4 Å². The molecule has 0 fully saturated rings. The Morgan fingerprint density at radius 2 is 1.94 bits per heavy atom. The summed E-state index contributed by atoms with van der Waals surface area (Å²) in [5, 5.41) is 13.2. The molecular weight excluding hydrogens is 518 g/mol. The van der Waals surface area contributed by atoms with E-state index in [1.54, 1.807) is 36.7 Å². The molecule has 182 valence electrons. The minimum Gasteiger partial charge on any atom is -0.344 e. The largest absolute Gasteiger partial charge is 0.344 e. The topological polar surface area (TPSA) is 69.8 Å². The van der Waals surface area contributed by atoms with E-state index in [2.05, 4.69) is 25.9 Å². The third-order valence-corrected chi connectivity index (χ3v) is 6.39. The molecule has 4 aromatic rings. The molecule has 0 spiro atoms. The zero-order chi connectivity index (χ0) is 25.5. The van der Waals surface area contributed by atoms with E-state index in [9.17, 15) is 4.39 Å². The van der Waals surface area contributed by atoms with Crippen molar-refractivity contribution in [3.8, 4) is 6.07 Å². The average Bonchev–Trinajstić information content (AvgIpc) is 3.30. The van der Waals surface area contributed by atoms with Crippen LogP contribution in [0.15, 0.2) is 73.2 Å². The van der Waals surface area contributed by atoms with Crippen LogP contribution in [0.3, 0.4) is 0 Å². The van der Waals surface area contributed by atoms with Crippen LogP contribution in [0, 0.1) is 17.1 Å². The third kappa shape index (κ3) is 6.79. The summed E-state index contributed by atoms with van der Waals surface area (Å²) in [4.78, 5) is 10.4. The summed E-state index contributed by atoms with van der Waals surface area (Å²) in [7, 11) is 0. The Hall–Kier alpha value is -3.51. The van der Waals surface area contributed by atoms with Gasteiger partial charge in [-0.1, -0.05) is 47.5 Å². The van der Waals surface area contributed by atoms with Gasteiger partial charge in [-0.15, -0.1) is 0 Å². The third-order valence-electron chi connectivity index (χ3n) is 5.49. The molecule has 0 aliphatic carbocycles. The molecule has 0 radical (unpaired) electrons. The van der Waals surface area contributed by atoms with Gasteiger partial charge in [-0.05, 0) is 54.2 Å². The van der Waals surface area contributed by atoms with Crippen molar-refractivity contribution in [1.82, 2.24) is 19.4 Å². The van der Waals surface area contributed by atoms with Crippen molar-refractivity contribution in [3.05, 3.63) is 112 Å². The van der Waals surface area contributed by atoms with E-state index in [4.69, 9.17) is 40.7 Å². The van der Waals surface area contributed by atoms with Crippen LogP contribution < -0.4 is 5.32 Å². The number of pyridine rings is 1. The second-order valence-electron chi connectivity index (χ2n) is 8.02. The molecule has 0 aliphatic rings. The highest BCUT2D eigenvalue weighted by molar-refractivity contribution is 7.80. The number of thiocarbonyl (C=S) groups is 1. The molecule has 1 N–H and O–H groups in total. The Labute approximate surface area is 223 Å². The molecule has 0 unspecified atom stereocenters. The van der Waals surface area contributed by atoms with Crippen LogP contribution in [0.25, 0.3) is 0 Å². The van der Waals surface area contributed by atoms with Crippen molar-refractivity contribution in [2.75, 3.05) is 11.9 Å². The van der Waals surface area contributed by atoms with Crippen LogP contribution in [0.5, 0.6) is 0 Å². The van der Waals surface area contributed by atoms with Crippen molar-refractivity contribution < 1.29 is 4.39 Å². The first kappa shape index (κ1) is 25.6. The number of anilines is 1. The molecular formula is C26H21Cl2FN6S. The summed E-state index contributed by atoms with van der Waals surface area (Å²) < 4.78 is 15.8. The van der Waals surface area contributed by atoms with Crippen LogP contribution in [-0.2, 0) is 19.5 Å². The van der Waals surface area contributed by atoms with E-state index in [1.807, 2.05) is 29.3 Å². The van der Waals surface area contributed by atoms with Gasteiger partial charge in [0, 0.05) is 49.2 Å². The SMILES string of the molecule is N#Cc1ccc(Cn2cncc2CCN(Cc2ccc(Cl)nc2Cl)C(=S)Nc2cccc(F)c2)cc1. The van der Waals surface area contributed by atoms with Gasteiger partial charge >= 0.3 is 0 Å². The van der Waals surface area contributed by atoms with Gasteiger partial charge < -0.3 is 14.8 Å². The maximum absolute atomic E-state index is 13.7. The van der Waals surface area contributed by atoms with Gasteiger partial charge in [-0.2, -0.15) is 5.26 Å². The molecule has 0 atom stereocenters. The predicted molar refractivity (Wildman–Crippen MR) is 143 cm³/mol. The maximum Gasteiger partial charge on any atom is 0.173 e. The van der Waals surface area contributed by atoms with Crippen molar-refractivity contribution >= 4 is 46.2 Å². The summed E-state index contributed by atoms with van der Waals surface area (Å²) in [6, 6.07) is 19.2. The van der Waals surface area contributed by atoms with Gasteiger partial charge in [0.25, 0.3) is 0 Å². The van der Waals surface area contributed by atoms with Crippen LogP contribution in [0.2, 0.25) is 10.3 Å². The maximum atomic E-state index is 13.7. The standard InChI is InChI=1S/C26H21Cl2FN6S/c27-24-9-8-20(25(28)33-24)16-34(26(36)32-22-3-1-2-21(29)12-22)11-10-23-14-31-17-35(23)15-19-6-4-18(13-30)5-7-19/h1-9,12,14,17H,10-11,15-16H2,(H,32,36). The smallest absolute Gasteiger partial charge is 0.173 e. The van der Waals surface area contributed by atoms with Crippen molar-refractivity contribution in [2.45, 2.75) is 19.5 Å². The van der Waals surface area contributed by atoms with Crippen molar-refractivity contribution in [1.29, 1.82) is 5.26 Å². The Bertz CT molecular complexity index is 1400. The van der Waals surface area contributed by atoms with Crippen molar-refractivity contribution in [3.63, 3.8) is 0 Å². The average molecular weight is 539 g/mol. The highest BCUT2D eigenvalue weighted by atomic mass is 35.5. The number of nitriles is 1. The Balaban J connectivity index is 1.50. The lowest BCUT2D eigenvalue weighted by Crippen LogP contribution is -2.36. The minimum absolute atomic E-state index is 0.298. The van der Waals surface area contributed by atoms with Gasteiger partial charge in [-0.25, -0.2) is 14.4 Å². The second kappa shape index (κ2) is 12.0. The number of rotatable bonds is 8. The van der Waals surface area contributed by atoms with Gasteiger partial charge in [0.05, 0.1) is 18.0 Å². The molecule has 2 aromatic carbocycles. The molecule has 4 rings (SSSR count). The quantitative estimate of drug-likeness (QED) is 0.216. The molecule has 0 bridgehead atoms. The number of nitrogens with zero attached hydrogens (tertiary/aromatic N) is 5. The van der Waals surface area contributed by atoms with Crippen LogP contribution in [-0.4, -0.2) is 31.1 Å². The van der Waals surface area contributed by atoms with Gasteiger partial charge in [0.2, 0.25) is 0 Å². The minimum atomic E-state index is -0.356. The van der Waals surface area contributed by atoms with Gasteiger partial charge in [-0.3, -0.25) is 0 Å². The van der Waals surface area contributed by atoms with E-state index in [0.29, 0.717) is 52.7 Å². The van der Waals surface area contributed by atoms with Crippen LogP contribution >= 0.6 is 35.4 Å². The van der Waals surface area contributed by atoms with E-state index in [-0.39, 0.29) is 5.82 Å². The molecule has 0 saturated carbocycles. The Morgan fingerprint density at radius 1 is 1.14 bits per heavy atom. The fourth-order valence-electron chi connectivity index (χ4n) is 3.62. The van der Waals surface area contributed by atoms with E-state index in [0.717, 1.165) is 16.8 Å². The highest BCUT2D eigenvalue weighted by Crippen LogP contribution is 2.20. The molecule has 2 heterocycles. The first-order valence-corrected chi connectivity index (χ1v) is 12.2. The Kier molecular flexibility index (Phi) is 8.49. The van der Waals surface area contributed by atoms with Crippen molar-refractivity contribution in [2.24, 2.45) is 0 Å². The number of halogens is 3. The molecule has 6 nitrogen and oxygen atoms in total. The lowest BCUT2D eigenvalue weighted by molar-refractivity contribution is 0.418. The molecule has 0 amide bonds.